The molecule has 56 heavy (non-hydrogen) atoms. The van der Waals surface area contributed by atoms with Crippen molar-refractivity contribution in [2.75, 3.05) is 37.5 Å². The van der Waals surface area contributed by atoms with E-state index in [1.807, 2.05) is 6.92 Å². The van der Waals surface area contributed by atoms with Gasteiger partial charge in [-0.05, 0) is 12.8 Å². The Labute approximate surface area is 324 Å². The van der Waals surface area contributed by atoms with Crippen LogP contribution in [0.1, 0.15) is 38.6 Å². The monoisotopic (exact) mass is 863 g/mol. The fraction of sp³-hybridized carbons (Fsp3) is 0.607. The van der Waals surface area contributed by atoms with E-state index in [0.29, 0.717) is 18.6 Å². The zero-order valence-electron chi connectivity index (χ0n) is 29.6. The van der Waals surface area contributed by atoms with Gasteiger partial charge in [0, 0.05) is 30.4 Å². The molecule has 9 N–H and O–H groups in total. The molecule has 0 saturated carbocycles. The zero-order valence-corrected chi connectivity index (χ0v) is 33.0. The summed E-state index contributed by atoms with van der Waals surface area (Å²) in [6.07, 6.45) is -5.04. The van der Waals surface area contributed by atoms with Gasteiger partial charge in [-0.15, -0.1) is 0 Å². The molecule has 7 rings (SSSR count). The fourth-order valence-electron chi connectivity index (χ4n) is 6.61. The lowest BCUT2D eigenvalue weighted by molar-refractivity contribution is -0.120. The molecule has 0 radical (unpaired) electrons. The number of phosphoric ester groups is 2. The summed E-state index contributed by atoms with van der Waals surface area (Å²) in [7, 11) is -5.56. The average molecular weight is 864 g/mol. The SMILES string of the molecule is CNC(=O)CCC(C)SSCC[C@@H]1C2OP(=O)(O)OC[C@H]3O[C@@H](n4cnc5c(N)ncnc54)C(O)[C@H]3OP(=O)(O)OC[C@H]1O[C@H]2n1cnc2c(=O)[nH]c(N)nc21. The average Bonchev–Trinajstić information content (AvgIpc) is 3.91. The van der Waals surface area contributed by atoms with E-state index < -0.39 is 83.3 Å². The molecule has 3 aliphatic heterocycles. The molecule has 5 unspecified atom stereocenters. The van der Waals surface area contributed by atoms with Gasteiger partial charge >= 0.3 is 15.6 Å². The molecule has 0 spiro atoms. The topological polar surface area (TPSA) is 339 Å². The first-order valence-electron chi connectivity index (χ1n) is 17.1. The maximum Gasteiger partial charge on any atom is 0.472 e. The molecule has 0 aliphatic carbocycles. The summed E-state index contributed by atoms with van der Waals surface area (Å²) in [5.41, 5.74) is 11.3. The third-order valence-corrected chi connectivity index (χ3v) is 14.3. The van der Waals surface area contributed by atoms with E-state index in [4.69, 9.17) is 39.0 Å². The van der Waals surface area contributed by atoms with Crippen LogP contribution in [0.15, 0.2) is 23.8 Å². The lowest BCUT2D eigenvalue weighted by atomic mass is 9.95. The Hall–Kier alpha value is -3.23. The Morgan fingerprint density at radius 1 is 1.00 bits per heavy atom. The van der Waals surface area contributed by atoms with Gasteiger partial charge in [0.25, 0.3) is 5.56 Å². The lowest BCUT2D eigenvalue weighted by Gasteiger charge is -2.27. The highest BCUT2D eigenvalue weighted by molar-refractivity contribution is 8.76. The number of aliphatic hydroxyl groups is 1. The molecule has 3 saturated heterocycles. The van der Waals surface area contributed by atoms with E-state index in [2.05, 4.69) is 35.2 Å². The predicted octanol–water partition coefficient (Wildman–Crippen LogP) is 0.600. The first-order valence-corrected chi connectivity index (χ1v) is 22.5. The summed E-state index contributed by atoms with van der Waals surface area (Å²) in [4.78, 5) is 69.4. The first-order chi connectivity index (χ1) is 26.6. The van der Waals surface area contributed by atoms with Crippen molar-refractivity contribution in [3.63, 3.8) is 0 Å². The van der Waals surface area contributed by atoms with Gasteiger partial charge in [-0.1, -0.05) is 28.5 Å². The van der Waals surface area contributed by atoms with Crippen molar-refractivity contribution < 1.29 is 56.4 Å². The van der Waals surface area contributed by atoms with Gasteiger partial charge in [0.2, 0.25) is 11.9 Å². The van der Waals surface area contributed by atoms with Crippen molar-refractivity contribution >= 4 is 77.2 Å². The Balaban J connectivity index is 1.17. The minimum absolute atomic E-state index is 0.0349. The van der Waals surface area contributed by atoms with Crippen molar-refractivity contribution in [2.24, 2.45) is 5.92 Å². The van der Waals surface area contributed by atoms with Crippen molar-refractivity contribution in [3.05, 3.63) is 29.3 Å². The summed E-state index contributed by atoms with van der Waals surface area (Å²) in [6.45, 7) is 0.584. The molecule has 28 heteroatoms. The van der Waals surface area contributed by atoms with E-state index in [1.54, 1.807) is 7.05 Å². The van der Waals surface area contributed by atoms with E-state index in [1.165, 1.54) is 49.7 Å². The first kappa shape index (κ1) is 40.9. The second kappa shape index (κ2) is 16.6. The molecule has 11 atom stereocenters. The number of nitrogens with zero attached hydrogens (tertiary/aromatic N) is 7. The second-order valence-electron chi connectivity index (χ2n) is 13.0. The maximum atomic E-state index is 13.8. The molecular weight excluding hydrogens is 824 g/mol. The Morgan fingerprint density at radius 3 is 2.39 bits per heavy atom. The standard InChI is InChI=1S/C28H39N11O13P2S2/c1-12(3-4-16(40)31-2)56-55-6-5-13-14-7-47-54(45,46)52-21-15(50-26(19(21)41)38-10-34-17-22(29)32-9-33-23(17)38)8-48-53(43,44)51-20(13)27(49-14)39-11-35-18-24(39)36-28(30)37-25(18)42/h9-15,19-21,26-27,41H,3-8H2,1-2H3,(H,31,40)(H,43,44)(H,45,46)(H2,29,32,33)(H3,30,36,37,42)/t12?,13-,14+,15+,19?,20?,21-,26+,27+/m0/s1. The van der Waals surface area contributed by atoms with E-state index >= 15 is 0 Å². The molecular formula is C28H39N11O13P2S2. The van der Waals surface area contributed by atoms with Gasteiger partial charge in [0.15, 0.2) is 35.1 Å². The molecule has 1 amide bonds. The largest absolute Gasteiger partial charge is 0.472 e. The lowest BCUT2D eigenvalue weighted by Crippen LogP contribution is -2.36. The number of phosphoric acid groups is 2. The number of carbonyl (C=O) groups is 1. The highest BCUT2D eigenvalue weighted by Crippen LogP contribution is 2.55. The number of ether oxygens (including phenoxy) is 2. The zero-order chi connectivity index (χ0) is 39.9. The fourth-order valence-corrected chi connectivity index (χ4v) is 11.0. The number of nitrogens with one attached hydrogen (secondary N) is 2. The predicted molar refractivity (Wildman–Crippen MR) is 198 cm³/mol. The minimum atomic E-state index is -5.08. The number of nitrogen functional groups attached to an aromatic ring is 2. The molecule has 4 aromatic rings. The van der Waals surface area contributed by atoms with Crippen LogP contribution in [-0.4, -0.2) is 122 Å². The molecule has 4 aromatic heterocycles. The molecule has 7 heterocycles. The summed E-state index contributed by atoms with van der Waals surface area (Å²) in [6, 6.07) is 0. The molecule has 3 aliphatic rings. The Kier molecular flexibility index (Phi) is 12.1. The number of rotatable bonds is 10. The third-order valence-electron chi connectivity index (χ3n) is 9.33. The highest BCUT2D eigenvalue weighted by Gasteiger charge is 2.54. The third kappa shape index (κ3) is 8.62. The van der Waals surface area contributed by atoms with Gasteiger partial charge in [0.05, 0.1) is 32.0 Å². The summed E-state index contributed by atoms with van der Waals surface area (Å²) >= 11 is 0. The Bertz CT molecular complexity index is 2230. The highest BCUT2D eigenvalue weighted by atomic mass is 33.1. The van der Waals surface area contributed by atoms with Gasteiger partial charge in [-0.3, -0.25) is 41.8 Å². The molecule has 306 valence electrons. The molecule has 3 fully saturated rings. The van der Waals surface area contributed by atoms with Crippen molar-refractivity contribution in [1.29, 1.82) is 0 Å². The number of aromatic nitrogens is 8. The van der Waals surface area contributed by atoms with Crippen molar-refractivity contribution in [3.8, 4) is 0 Å². The van der Waals surface area contributed by atoms with Crippen LogP contribution in [0, 0.1) is 5.92 Å². The van der Waals surface area contributed by atoms with Crippen LogP contribution in [-0.2, 0) is 41.5 Å². The van der Waals surface area contributed by atoms with Crippen molar-refractivity contribution in [1.82, 2.24) is 44.4 Å². The second-order valence-corrected chi connectivity index (χ2v) is 18.8. The number of nitrogens with two attached hydrogens (primary N) is 2. The molecule has 2 bridgehead atoms. The van der Waals surface area contributed by atoms with Gasteiger partial charge in [0.1, 0.15) is 36.3 Å². The number of carbonyl (C=O) groups excluding carboxylic acids is 1. The normalized spacial score (nSPS) is 33.1. The number of aliphatic hydroxyl groups excluding tert-OH is 1. The maximum absolute atomic E-state index is 13.8. The van der Waals surface area contributed by atoms with Crippen LogP contribution in [0.4, 0.5) is 11.8 Å². The number of H-pyrrole nitrogens is 1. The van der Waals surface area contributed by atoms with Crippen LogP contribution in [0.2, 0.25) is 0 Å². The van der Waals surface area contributed by atoms with Crippen LogP contribution in [0.5, 0.6) is 0 Å². The smallest absolute Gasteiger partial charge is 0.386 e. The molecule has 0 aromatic carbocycles. The van der Waals surface area contributed by atoms with E-state index in [0.717, 1.165) is 0 Å². The van der Waals surface area contributed by atoms with Crippen LogP contribution in [0.3, 0.4) is 0 Å². The van der Waals surface area contributed by atoms with Crippen LogP contribution in [0.25, 0.3) is 22.3 Å². The number of imidazole rings is 2. The quantitative estimate of drug-likeness (QED) is 0.0652. The van der Waals surface area contributed by atoms with Crippen LogP contribution >= 0.6 is 37.2 Å². The summed E-state index contributed by atoms with van der Waals surface area (Å²) in [5.74, 6) is -0.658. The number of hydrogen-bond donors (Lipinski definition) is 7. The van der Waals surface area contributed by atoms with Gasteiger partial charge in [-0.25, -0.2) is 29.1 Å². The minimum Gasteiger partial charge on any atom is -0.386 e. The van der Waals surface area contributed by atoms with E-state index in [9.17, 15) is 33.6 Å². The number of fused-ring (bicyclic) bond motifs is 5. The number of anilines is 2. The Morgan fingerprint density at radius 2 is 1.66 bits per heavy atom. The number of aromatic amines is 1. The summed E-state index contributed by atoms with van der Waals surface area (Å²) in [5, 5.41) is 14.1. The summed E-state index contributed by atoms with van der Waals surface area (Å²) < 4.78 is 64.5. The van der Waals surface area contributed by atoms with Crippen molar-refractivity contribution in [2.45, 2.75) is 74.4 Å². The number of amides is 1. The van der Waals surface area contributed by atoms with Crippen LogP contribution < -0.4 is 22.3 Å². The number of hydrogen-bond acceptors (Lipinski definition) is 20. The molecule has 24 nitrogen and oxygen atoms in total. The van der Waals surface area contributed by atoms with Gasteiger partial charge in [-0.2, -0.15) is 4.98 Å². The van der Waals surface area contributed by atoms with Gasteiger partial charge < -0.3 is 41.2 Å². The van der Waals surface area contributed by atoms with E-state index in [-0.39, 0.29) is 51.7 Å².